The Hall–Kier alpha value is -0.630. The molecule has 1 aliphatic rings. The minimum absolute atomic E-state index is 0. The average molecular weight is 342 g/mol. The fourth-order valence-electron chi connectivity index (χ4n) is 1.94. The largest absolute Gasteiger partial charge is 0.343 e. The van der Waals surface area contributed by atoms with Crippen LogP contribution in [-0.4, -0.2) is 52.4 Å². The minimum atomic E-state index is -0.361. The Bertz CT molecular complexity index is 423. The van der Waals surface area contributed by atoms with Gasteiger partial charge in [0, 0.05) is 37.7 Å². The lowest BCUT2D eigenvalue weighted by Crippen LogP contribution is -2.53. The van der Waals surface area contributed by atoms with Crippen LogP contribution in [0, 0.1) is 6.92 Å². The highest BCUT2D eigenvalue weighted by Gasteiger charge is 2.25. The molecule has 116 valence electrons. The quantitative estimate of drug-likeness (QED) is 0.890. The van der Waals surface area contributed by atoms with Gasteiger partial charge in [-0.05, 0) is 13.3 Å². The molecule has 0 aromatic carbocycles. The van der Waals surface area contributed by atoms with Gasteiger partial charge in [-0.15, -0.1) is 24.8 Å². The van der Waals surface area contributed by atoms with E-state index in [0.29, 0.717) is 19.5 Å². The molecule has 1 aromatic heterocycles. The number of hydrogen-bond donors (Lipinski definition) is 1. The highest BCUT2D eigenvalue weighted by atomic mass is 35.5. The van der Waals surface area contributed by atoms with Gasteiger partial charge in [0.25, 0.3) is 0 Å². The number of carbonyl (C=O) groups excluding carboxylic acids is 1. The van der Waals surface area contributed by atoms with Crippen LogP contribution < -0.4 is 10.6 Å². The summed E-state index contributed by atoms with van der Waals surface area (Å²) < 4.78 is 4.18. The molecule has 0 radical (unpaired) electrons. The zero-order valence-corrected chi connectivity index (χ0v) is 14.1. The van der Waals surface area contributed by atoms with E-state index in [9.17, 15) is 4.79 Å². The van der Waals surface area contributed by atoms with Crippen molar-refractivity contribution in [2.75, 3.05) is 31.1 Å². The lowest BCUT2D eigenvalue weighted by atomic mass is 10.2. The summed E-state index contributed by atoms with van der Waals surface area (Å²) in [6.07, 6.45) is 0.689. The fraction of sp³-hybridized carbons (Fsp3) is 0.727. The topological polar surface area (TPSA) is 75.4 Å². The van der Waals surface area contributed by atoms with Crippen molar-refractivity contribution in [3.63, 3.8) is 0 Å². The summed E-state index contributed by atoms with van der Waals surface area (Å²) in [5.74, 6) is 0.868. The number of halogens is 2. The molecule has 1 atom stereocenters. The summed E-state index contributed by atoms with van der Waals surface area (Å²) in [6, 6.07) is -0.361. The predicted octanol–water partition coefficient (Wildman–Crippen LogP) is 1.08. The van der Waals surface area contributed by atoms with E-state index in [4.69, 9.17) is 5.73 Å². The highest BCUT2D eigenvalue weighted by molar-refractivity contribution is 7.09. The number of aryl methyl sites for hydroxylation is 1. The molecule has 1 fully saturated rings. The van der Waals surface area contributed by atoms with Crippen molar-refractivity contribution in [1.29, 1.82) is 0 Å². The first kappa shape index (κ1) is 19.4. The average Bonchev–Trinajstić information content (AvgIpc) is 2.84. The second-order valence-electron chi connectivity index (χ2n) is 4.45. The van der Waals surface area contributed by atoms with Crippen molar-refractivity contribution in [2.24, 2.45) is 5.73 Å². The fourth-order valence-corrected chi connectivity index (χ4v) is 2.67. The van der Waals surface area contributed by atoms with E-state index in [2.05, 4.69) is 14.3 Å². The zero-order valence-electron chi connectivity index (χ0n) is 11.6. The van der Waals surface area contributed by atoms with E-state index < -0.39 is 0 Å². The van der Waals surface area contributed by atoms with Crippen LogP contribution in [0.2, 0.25) is 0 Å². The lowest BCUT2D eigenvalue weighted by molar-refractivity contribution is -0.132. The number of anilines is 1. The second-order valence-corrected chi connectivity index (χ2v) is 5.18. The number of nitrogens with zero attached hydrogens (tertiary/aromatic N) is 4. The third-order valence-electron chi connectivity index (χ3n) is 3.14. The minimum Gasteiger partial charge on any atom is -0.343 e. The Morgan fingerprint density at radius 3 is 2.40 bits per heavy atom. The van der Waals surface area contributed by atoms with Gasteiger partial charge < -0.3 is 15.5 Å². The molecule has 1 aliphatic heterocycles. The Morgan fingerprint density at radius 1 is 1.35 bits per heavy atom. The summed E-state index contributed by atoms with van der Waals surface area (Å²) in [5.41, 5.74) is 5.77. The number of aromatic nitrogens is 2. The van der Waals surface area contributed by atoms with E-state index in [1.807, 2.05) is 18.7 Å². The van der Waals surface area contributed by atoms with Gasteiger partial charge in [-0.3, -0.25) is 4.79 Å². The molecule has 9 heteroatoms. The monoisotopic (exact) mass is 341 g/mol. The Kier molecular flexibility index (Phi) is 8.34. The molecule has 1 aromatic rings. The molecule has 1 saturated heterocycles. The molecule has 20 heavy (non-hydrogen) atoms. The maximum Gasteiger partial charge on any atom is 0.239 e. The third-order valence-corrected chi connectivity index (χ3v) is 4.00. The zero-order chi connectivity index (χ0) is 13.1. The van der Waals surface area contributed by atoms with Crippen LogP contribution in [0.25, 0.3) is 0 Å². The summed E-state index contributed by atoms with van der Waals surface area (Å²) >= 11 is 1.41. The summed E-state index contributed by atoms with van der Waals surface area (Å²) in [7, 11) is 0. The van der Waals surface area contributed by atoms with E-state index in [-0.39, 0.29) is 36.8 Å². The van der Waals surface area contributed by atoms with E-state index in [1.165, 1.54) is 11.5 Å². The van der Waals surface area contributed by atoms with Crippen LogP contribution in [0.4, 0.5) is 5.13 Å². The maximum absolute atomic E-state index is 11.9. The number of hydrogen-bond acceptors (Lipinski definition) is 6. The van der Waals surface area contributed by atoms with Crippen molar-refractivity contribution in [3.8, 4) is 0 Å². The van der Waals surface area contributed by atoms with E-state index in [0.717, 1.165) is 24.0 Å². The normalized spacial score (nSPS) is 16.1. The number of amides is 1. The second kappa shape index (κ2) is 8.61. The smallest absolute Gasteiger partial charge is 0.239 e. The standard InChI is InChI=1S/C11H19N5OS.2ClH/c1-3-9(12)10(17)15-4-6-16(7-5-15)11-13-8(2)14-18-11;;/h9H,3-7,12H2,1-2H3;2*1H/t9-;;/m0../s1. The van der Waals surface area contributed by atoms with Gasteiger partial charge in [-0.2, -0.15) is 4.37 Å². The SMILES string of the molecule is CC[C@H](N)C(=O)N1CCN(c2nc(C)ns2)CC1.Cl.Cl. The number of piperazine rings is 1. The first-order valence-corrected chi connectivity index (χ1v) is 6.98. The number of nitrogens with two attached hydrogens (primary N) is 1. The molecule has 2 rings (SSSR count). The van der Waals surface area contributed by atoms with Crippen LogP contribution in [0.5, 0.6) is 0 Å². The summed E-state index contributed by atoms with van der Waals surface area (Å²) in [6.45, 7) is 6.85. The van der Waals surface area contributed by atoms with Crippen molar-refractivity contribution < 1.29 is 4.79 Å². The van der Waals surface area contributed by atoms with Gasteiger partial charge >= 0.3 is 0 Å². The van der Waals surface area contributed by atoms with Crippen LogP contribution in [0.3, 0.4) is 0 Å². The first-order valence-electron chi connectivity index (χ1n) is 6.21. The summed E-state index contributed by atoms with van der Waals surface area (Å²) in [4.78, 5) is 20.3. The first-order chi connectivity index (χ1) is 8.61. The molecule has 2 heterocycles. The van der Waals surface area contributed by atoms with Crippen LogP contribution in [-0.2, 0) is 4.79 Å². The molecule has 1 amide bonds. The molecule has 0 saturated carbocycles. The molecule has 0 bridgehead atoms. The molecule has 6 nitrogen and oxygen atoms in total. The molecule has 0 spiro atoms. The van der Waals surface area contributed by atoms with Gasteiger partial charge in [-0.25, -0.2) is 4.98 Å². The predicted molar refractivity (Wildman–Crippen MR) is 86.2 cm³/mol. The Labute approximate surface area is 135 Å². The van der Waals surface area contributed by atoms with Crippen molar-refractivity contribution >= 4 is 47.4 Å². The number of rotatable bonds is 3. The van der Waals surface area contributed by atoms with Crippen molar-refractivity contribution in [1.82, 2.24) is 14.3 Å². The Morgan fingerprint density at radius 2 is 1.95 bits per heavy atom. The van der Waals surface area contributed by atoms with Gasteiger partial charge in [0.1, 0.15) is 5.82 Å². The summed E-state index contributed by atoms with van der Waals surface area (Å²) in [5, 5.41) is 0.944. The van der Waals surface area contributed by atoms with Crippen molar-refractivity contribution in [3.05, 3.63) is 5.82 Å². The molecular formula is C11H21Cl2N5OS. The van der Waals surface area contributed by atoms with Gasteiger partial charge in [0.15, 0.2) is 0 Å². The van der Waals surface area contributed by atoms with Crippen molar-refractivity contribution in [2.45, 2.75) is 26.3 Å². The molecule has 0 unspecified atom stereocenters. The van der Waals surface area contributed by atoms with E-state index in [1.54, 1.807) is 0 Å². The Balaban J connectivity index is 0.00000180. The van der Waals surface area contributed by atoms with E-state index >= 15 is 0 Å². The maximum atomic E-state index is 11.9. The lowest BCUT2D eigenvalue weighted by Gasteiger charge is -2.35. The van der Waals surface area contributed by atoms with Gasteiger partial charge in [0.05, 0.1) is 6.04 Å². The van der Waals surface area contributed by atoms with Gasteiger partial charge in [0.2, 0.25) is 11.0 Å². The van der Waals surface area contributed by atoms with Crippen LogP contribution in [0.15, 0.2) is 0 Å². The number of carbonyl (C=O) groups is 1. The molecular weight excluding hydrogens is 321 g/mol. The third kappa shape index (κ3) is 4.44. The molecule has 2 N–H and O–H groups in total. The van der Waals surface area contributed by atoms with Crippen LogP contribution in [0.1, 0.15) is 19.2 Å². The van der Waals surface area contributed by atoms with Crippen LogP contribution >= 0.6 is 36.3 Å². The highest BCUT2D eigenvalue weighted by Crippen LogP contribution is 2.18. The molecule has 0 aliphatic carbocycles. The van der Waals surface area contributed by atoms with Gasteiger partial charge in [-0.1, -0.05) is 6.92 Å².